The molecule has 1 aromatic heterocycles. The number of allylic oxidation sites excluding steroid dienone is 3. The third-order valence-corrected chi connectivity index (χ3v) is 13.0. The lowest BCUT2D eigenvalue weighted by Crippen LogP contribution is -2.06. The van der Waals surface area contributed by atoms with Gasteiger partial charge in [0.1, 0.15) is 0 Å². The Morgan fingerprint density at radius 2 is 1.32 bits per heavy atom. The molecule has 2 aliphatic carbocycles. The van der Waals surface area contributed by atoms with E-state index in [-0.39, 0.29) is 0 Å². The van der Waals surface area contributed by atoms with Crippen LogP contribution in [0.3, 0.4) is 0 Å². The highest BCUT2D eigenvalue weighted by molar-refractivity contribution is 8.00. The molecule has 7 aromatic rings. The molecule has 3 atom stereocenters. The number of rotatable bonds is 5. The largest absolute Gasteiger partial charge is 0.135 e. The smallest absolute Gasteiger partial charge is 0.0381 e. The van der Waals surface area contributed by atoms with Crippen LogP contribution in [0.1, 0.15) is 40.5 Å². The first-order valence-electron chi connectivity index (χ1n) is 16.7. The van der Waals surface area contributed by atoms with Gasteiger partial charge >= 0.3 is 0 Å². The summed E-state index contributed by atoms with van der Waals surface area (Å²) < 4.78 is 2.77. The van der Waals surface area contributed by atoms with E-state index >= 15 is 0 Å². The predicted molar refractivity (Wildman–Crippen MR) is 203 cm³/mol. The van der Waals surface area contributed by atoms with Crippen LogP contribution in [0.15, 0.2) is 157 Å². The fourth-order valence-electron chi connectivity index (χ4n) is 8.27. The van der Waals surface area contributed by atoms with Crippen molar-refractivity contribution in [3.05, 3.63) is 174 Å². The topological polar surface area (TPSA) is 0 Å². The number of hydrogen-bond acceptors (Lipinski definition) is 2. The van der Waals surface area contributed by atoms with Gasteiger partial charge in [0.25, 0.3) is 0 Å². The highest BCUT2D eigenvalue weighted by Gasteiger charge is 2.33. The summed E-state index contributed by atoms with van der Waals surface area (Å²) in [6.45, 7) is 0. The Hall–Kier alpha value is -4.63. The van der Waals surface area contributed by atoms with E-state index < -0.39 is 0 Å². The van der Waals surface area contributed by atoms with E-state index in [1.807, 2.05) is 23.1 Å². The van der Waals surface area contributed by atoms with Gasteiger partial charge in [-0.05, 0) is 86.7 Å². The SMILES string of the molecule is C1=CC2Sc3c(-c4cccc5sc6cc(CCC7c8ccccc8-c8cc(-c9ccccc9)ccc87)ccc6c45)cccc3C2C=C1. The molecule has 1 aliphatic heterocycles. The molecule has 0 amide bonds. The number of hydrogen-bond donors (Lipinski definition) is 0. The lowest BCUT2D eigenvalue weighted by Gasteiger charge is -2.14. The number of thioether (sulfide) groups is 1. The van der Waals surface area contributed by atoms with Crippen LogP contribution < -0.4 is 0 Å². The van der Waals surface area contributed by atoms with Gasteiger partial charge in [0, 0.05) is 42.2 Å². The summed E-state index contributed by atoms with van der Waals surface area (Å²) in [7, 11) is 0. The van der Waals surface area contributed by atoms with Crippen molar-refractivity contribution >= 4 is 43.3 Å². The van der Waals surface area contributed by atoms with Crippen LogP contribution in [-0.4, -0.2) is 5.25 Å². The third kappa shape index (κ3) is 4.43. The van der Waals surface area contributed by atoms with Crippen molar-refractivity contribution in [2.75, 3.05) is 0 Å². The van der Waals surface area contributed by atoms with Crippen molar-refractivity contribution in [2.24, 2.45) is 0 Å². The maximum absolute atomic E-state index is 2.47. The first kappa shape index (κ1) is 27.5. The molecule has 3 unspecified atom stereocenters. The normalized spacial score (nSPS) is 18.8. The molecule has 47 heavy (non-hydrogen) atoms. The van der Waals surface area contributed by atoms with Gasteiger partial charge in [-0.1, -0.05) is 133 Å². The van der Waals surface area contributed by atoms with Gasteiger partial charge in [-0.25, -0.2) is 0 Å². The quantitative estimate of drug-likeness (QED) is 0.181. The molecule has 0 fully saturated rings. The fraction of sp³-hybridized carbons (Fsp3) is 0.111. The minimum Gasteiger partial charge on any atom is -0.135 e. The summed E-state index contributed by atoms with van der Waals surface area (Å²) in [5, 5.41) is 3.29. The molecule has 6 aromatic carbocycles. The van der Waals surface area contributed by atoms with E-state index in [2.05, 4.69) is 152 Å². The molecule has 0 nitrogen and oxygen atoms in total. The van der Waals surface area contributed by atoms with E-state index in [4.69, 9.17) is 0 Å². The molecule has 224 valence electrons. The van der Waals surface area contributed by atoms with Crippen LogP contribution in [0.25, 0.3) is 53.6 Å². The molecule has 0 N–H and O–H groups in total. The summed E-state index contributed by atoms with van der Waals surface area (Å²) in [4.78, 5) is 1.45. The Kier molecular flexibility index (Phi) is 6.42. The Labute approximate surface area is 284 Å². The van der Waals surface area contributed by atoms with Crippen LogP contribution in [0.4, 0.5) is 0 Å². The van der Waals surface area contributed by atoms with Crippen molar-refractivity contribution in [1.82, 2.24) is 0 Å². The van der Waals surface area contributed by atoms with E-state index in [9.17, 15) is 0 Å². The summed E-state index contributed by atoms with van der Waals surface area (Å²) in [5.74, 6) is 0.896. The van der Waals surface area contributed by atoms with Crippen LogP contribution >= 0.6 is 23.1 Å². The summed E-state index contributed by atoms with van der Waals surface area (Å²) in [6.07, 6.45) is 11.3. The van der Waals surface area contributed by atoms with Crippen molar-refractivity contribution in [1.29, 1.82) is 0 Å². The van der Waals surface area contributed by atoms with E-state index in [0.717, 1.165) is 12.8 Å². The highest BCUT2D eigenvalue weighted by atomic mass is 32.2. The van der Waals surface area contributed by atoms with Crippen LogP contribution in [0.2, 0.25) is 0 Å². The van der Waals surface area contributed by atoms with E-state index in [0.29, 0.717) is 17.1 Å². The zero-order valence-corrected chi connectivity index (χ0v) is 27.5. The Morgan fingerprint density at radius 3 is 2.28 bits per heavy atom. The highest BCUT2D eigenvalue weighted by Crippen LogP contribution is 2.53. The maximum atomic E-state index is 2.47. The second kappa shape index (κ2) is 11.0. The van der Waals surface area contributed by atoms with Gasteiger partial charge in [0.15, 0.2) is 0 Å². The summed E-state index contributed by atoms with van der Waals surface area (Å²) in [5.41, 5.74) is 14.0. The van der Waals surface area contributed by atoms with Crippen LogP contribution in [0.5, 0.6) is 0 Å². The van der Waals surface area contributed by atoms with Crippen molar-refractivity contribution in [2.45, 2.75) is 34.8 Å². The second-order valence-corrected chi connectivity index (χ2v) is 15.3. The lowest BCUT2D eigenvalue weighted by molar-refractivity contribution is 0.730. The first-order chi connectivity index (χ1) is 23.3. The Balaban J connectivity index is 0.986. The first-order valence-corrected chi connectivity index (χ1v) is 18.4. The van der Waals surface area contributed by atoms with E-state index in [1.165, 1.54) is 80.7 Å². The average molecular weight is 637 g/mol. The van der Waals surface area contributed by atoms with Crippen molar-refractivity contribution < 1.29 is 0 Å². The zero-order chi connectivity index (χ0) is 30.9. The maximum Gasteiger partial charge on any atom is 0.0381 e. The molecular formula is C45H32S2. The Morgan fingerprint density at radius 1 is 0.532 bits per heavy atom. The monoisotopic (exact) mass is 636 g/mol. The second-order valence-electron chi connectivity index (χ2n) is 13.1. The van der Waals surface area contributed by atoms with Crippen molar-refractivity contribution in [3.8, 4) is 33.4 Å². The minimum absolute atomic E-state index is 0.418. The molecule has 0 bridgehead atoms. The molecule has 2 heteroatoms. The molecule has 2 heterocycles. The van der Waals surface area contributed by atoms with Gasteiger partial charge < -0.3 is 0 Å². The fourth-order valence-corrected chi connectivity index (χ4v) is 10.9. The van der Waals surface area contributed by atoms with Gasteiger partial charge in [-0.3, -0.25) is 0 Å². The number of aryl methyl sites for hydroxylation is 1. The minimum atomic E-state index is 0.418. The Bertz CT molecular complexity index is 2410. The zero-order valence-electron chi connectivity index (χ0n) is 25.9. The molecule has 0 spiro atoms. The van der Waals surface area contributed by atoms with Gasteiger partial charge in [-0.15, -0.1) is 23.1 Å². The molecule has 3 aliphatic rings. The van der Waals surface area contributed by atoms with Crippen LogP contribution in [-0.2, 0) is 6.42 Å². The van der Waals surface area contributed by atoms with Crippen LogP contribution in [0, 0.1) is 0 Å². The van der Waals surface area contributed by atoms with Gasteiger partial charge in [-0.2, -0.15) is 0 Å². The van der Waals surface area contributed by atoms with Gasteiger partial charge in [0.05, 0.1) is 0 Å². The number of fused-ring (bicyclic) bond motifs is 9. The summed E-state index contributed by atoms with van der Waals surface area (Å²) >= 11 is 3.98. The standard InChI is InChI=1S/C45H32S2/c1-2-10-29(11-3-1)30-22-25-34-33(31-12-4-5-13-32(31)40(34)27-30)23-20-28-21-24-39-43(26-28)46-42-19-9-15-36(44(39)42)38-17-8-16-37-35-14-6-7-18-41(35)47-45(37)38/h1-19,21-22,24-27,33,35,41H,20,23H2. The average Bonchev–Trinajstić information content (AvgIpc) is 3.80. The number of thiophene rings is 1. The molecule has 0 saturated heterocycles. The molecular weight excluding hydrogens is 605 g/mol. The summed E-state index contributed by atoms with van der Waals surface area (Å²) in [6, 6.07) is 48.0. The lowest BCUT2D eigenvalue weighted by atomic mass is 9.89. The van der Waals surface area contributed by atoms with E-state index in [1.54, 1.807) is 0 Å². The third-order valence-electron chi connectivity index (χ3n) is 10.5. The van der Waals surface area contributed by atoms with Gasteiger partial charge in [0.2, 0.25) is 0 Å². The molecule has 0 saturated carbocycles. The number of benzene rings is 6. The molecule has 0 radical (unpaired) electrons. The molecule has 10 rings (SSSR count). The van der Waals surface area contributed by atoms with Crippen molar-refractivity contribution in [3.63, 3.8) is 0 Å². The predicted octanol–water partition coefficient (Wildman–Crippen LogP) is 12.8.